The second kappa shape index (κ2) is 6.97. The zero-order valence-corrected chi connectivity index (χ0v) is 11.3. The van der Waals surface area contributed by atoms with E-state index in [0.717, 1.165) is 17.3 Å². The molecule has 0 atom stereocenters. The molecule has 1 rings (SSSR count). The summed E-state index contributed by atoms with van der Waals surface area (Å²) in [6.45, 7) is 0. The number of carbonyl (C=O) groups is 1. The van der Waals surface area contributed by atoms with Gasteiger partial charge in [-0.3, -0.25) is 0 Å². The summed E-state index contributed by atoms with van der Waals surface area (Å²) in [6, 6.07) is 5.06. The average Bonchev–Trinajstić information content (AvgIpc) is 2.38. The number of hydrogen-bond donors (Lipinski definition) is 0. The van der Waals surface area contributed by atoms with Gasteiger partial charge in [-0.05, 0) is 18.2 Å². The van der Waals surface area contributed by atoms with Crippen LogP contribution in [0.4, 0.5) is 0 Å². The van der Waals surface area contributed by atoms with Gasteiger partial charge in [0.1, 0.15) is 5.75 Å². The Morgan fingerprint density at radius 1 is 1.41 bits per heavy atom. The van der Waals surface area contributed by atoms with Crippen molar-refractivity contribution in [1.82, 2.24) is 0 Å². The van der Waals surface area contributed by atoms with E-state index in [1.807, 2.05) is 0 Å². The van der Waals surface area contributed by atoms with Gasteiger partial charge in [0, 0.05) is 11.8 Å². The highest BCUT2D eigenvalue weighted by Gasteiger charge is 2.08. The first-order valence-electron chi connectivity index (χ1n) is 5.04. The number of carbonyl (C=O) groups excluding carboxylic acids is 1. The van der Waals surface area contributed by atoms with Gasteiger partial charge >= 0.3 is 5.97 Å². The summed E-state index contributed by atoms with van der Waals surface area (Å²) in [4.78, 5) is 11.3. The molecule has 0 spiro atoms. The SMILES string of the molecule is COC(=O)c1ccc(C#CCCBr)c(OC)c1. The van der Waals surface area contributed by atoms with Gasteiger partial charge in [0.2, 0.25) is 0 Å². The molecule has 0 bridgehead atoms. The summed E-state index contributed by atoms with van der Waals surface area (Å²) in [5.41, 5.74) is 1.22. The third-order valence-corrected chi connectivity index (χ3v) is 2.46. The molecule has 3 nitrogen and oxygen atoms in total. The molecule has 0 aliphatic heterocycles. The first-order chi connectivity index (χ1) is 8.22. The Hall–Kier alpha value is -1.47. The van der Waals surface area contributed by atoms with Crippen molar-refractivity contribution >= 4 is 21.9 Å². The Kier molecular flexibility index (Phi) is 5.58. The molecule has 0 N–H and O–H groups in total. The lowest BCUT2D eigenvalue weighted by Crippen LogP contribution is -2.02. The van der Waals surface area contributed by atoms with Crippen LogP contribution in [0.15, 0.2) is 18.2 Å². The van der Waals surface area contributed by atoms with Crippen molar-refractivity contribution in [2.24, 2.45) is 0 Å². The molecule has 4 heteroatoms. The third-order valence-electron chi connectivity index (χ3n) is 2.07. The van der Waals surface area contributed by atoms with E-state index in [1.165, 1.54) is 7.11 Å². The maximum absolute atomic E-state index is 11.3. The molecule has 90 valence electrons. The van der Waals surface area contributed by atoms with Crippen LogP contribution in [-0.2, 0) is 4.74 Å². The average molecular weight is 297 g/mol. The van der Waals surface area contributed by atoms with Crippen LogP contribution in [0.2, 0.25) is 0 Å². The molecular formula is C13H13BrO3. The van der Waals surface area contributed by atoms with E-state index in [0.29, 0.717) is 11.3 Å². The molecule has 17 heavy (non-hydrogen) atoms. The molecule has 0 radical (unpaired) electrons. The largest absolute Gasteiger partial charge is 0.495 e. The highest BCUT2D eigenvalue weighted by molar-refractivity contribution is 9.09. The Balaban J connectivity index is 3.02. The second-order valence-electron chi connectivity index (χ2n) is 3.15. The molecule has 1 aromatic rings. The predicted molar refractivity (Wildman–Crippen MR) is 69.6 cm³/mol. The fourth-order valence-corrected chi connectivity index (χ4v) is 1.44. The monoisotopic (exact) mass is 296 g/mol. The summed E-state index contributed by atoms with van der Waals surface area (Å²) >= 11 is 3.30. The Labute approximate surface area is 109 Å². The van der Waals surface area contributed by atoms with Crippen LogP contribution in [0.5, 0.6) is 5.75 Å². The van der Waals surface area contributed by atoms with Gasteiger partial charge in [-0.1, -0.05) is 27.8 Å². The first-order valence-corrected chi connectivity index (χ1v) is 6.16. The van der Waals surface area contributed by atoms with Crippen molar-refractivity contribution in [2.45, 2.75) is 6.42 Å². The lowest BCUT2D eigenvalue weighted by Gasteiger charge is -2.05. The quantitative estimate of drug-likeness (QED) is 0.489. The number of alkyl halides is 1. The molecule has 0 aromatic heterocycles. The predicted octanol–water partition coefficient (Wildman–Crippen LogP) is 2.62. The van der Waals surface area contributed by atoms with Crippen molar-refractivity contribution < 1.29 is 14.3 Å². The lowest BCUT2D eigenvalue weighted by atomic mass is 10.1. The molecule has 1 aromatic carbocycles. The van der Waals surface area contributed by atoms with Crippen LogP contribution in [0.3, 0.4) is 0 Å². The van der Waals surface area contributed by atoms with E-state index in [4.69, 9.17) is 4.74 Å². The number of benzene rings is 1. The minimum absolute atomic E-state index is 0.386. The molecule has 0 amide bonds. The Morgan fingerprint density at radius 3 is 2.76 bits per heavy atom. The standard InChI is InChI=1S/C13H13BrO3/c1-16-12-9-11(13(15)17-2)7-6-10(12)5-3-4-8-14/h6-7,9H,4,8H2,1-2H3. The molecule has 0 fully saturated rings. The second-order valence-corrected chi connectivity index (χ2v) is 3.94. The van der Waals surface area contributed by atoms with Gasteiger partial charge in [0.05, 0.1) is 25.3 Å². The normalized spacial score (nSPS) is 9.12. The van der Waals surface area contributed by atoms with E-state index < -0.39 is 0 Å². The summed E-state index contributed by atoms with van der Waals surface area (Å²) in [7, 11) is 2.89. The maximum atomic E-state index is 11.3. The van der Waals surface area contributed by atoms with Gasteiger partial charge in [0.15, 0.2) is 0 Å². The molecule has 0 saturated carbocycles. The van der Waals surface area contributed by atoms with Crippen LogP contribution in [0.1, 0.15) is 22.3 Å². The van der Waals surface area contributed by atoms with Gasteiger partial charge in [0.25, 0.3) is 0 Å². The zero-order chi connectivity index (χ0) is 12.7. The zero-order valence-electron chi connectivity index (χ0n) is 9.75. The van der Waals surface area contributed by atoms with Crippen molar-refractivity contribution in [2.75, 3.05) is 19.5 Å². The number of esters is 1. The number of hydrogen-bond acceptors (Lipinski definition) is 3. The molecule has 0 aliphatic carbocycles. The highest BCUT2D eigenvalue weighted by Crippen LogP contribution is 2.19. The summed E-state index contributed by atoms with van der Waals surface area (Å²) in [6.07, 6.45) is 0.766. The molecule has 0 unspecified atom stereocenters. The van der Waals surface area contributed by atoms with E-state index in [2.05, 4.69) is 32.5 Å². The highest BCUT2D eigenvalue weighted by atomic mass is 79.9. The molecular weight excluding hydrogens is 284 g/mol. The van der Waals surface area contributed by atoms with Crippen molar-refractivity contribution in [3.8, 4) is 17.6 Å². The smallest absolute Gasteiger partial charge is 0.337 e. The summed E-state index contributed by atoms with van der Waals surface area (Å²) in [5.74, 6) is 6.18. The van der Waals surface area contributed by atoms with E-state index in [-0.39, 0.29) is 5.97 Å². The Bertz CT molecular complexity index is 457. The van der Waals surface area contributed by atoms with Crippen molar-refractivity contribution in [3.05, 3.63) is 29.3 Å². The van der Waals surface area contributed by atoms with Gasteiger partial charge in [-0.25, -0.2) is 4.79 Å². The molecule has 0 aliphatic rings. The van der Waals surface area contributed by atoms with Crippen LogP contribution in [0.25, 0.3) is 0 Å². The third kappa shape index (κ3) is 3.79. The Morgan fingerprint density at radius 2 is 2.18 bits per heavy atom. The molecule has 0 saturated heterocycles. The number of rotatable bonds is 3. The summed E-state index contributed by atoms with van der Waals surface area (Å²) in [5, 5.41) is 0.836. The first kappa shape index (κ1) is 13.6. The number of methoxy groups -OCH3 is 2. The van der Waals surface area contributed by atoms with Crippen molar-refractivity contribution in [3.63, 3.8) is 0 Å². The van der Waals surface area contributed by atoms with Crippen LogP contribution >= 0.6 is 15.9 Å². The number of ether oxygens (including phenoxy) is 2. The minimum Gasteiger partial charge on any atom is -0.495 e. The van der Waals surface area contributed by atoms with Crippen LogP contribution in [0, 0.1) is 11.8 Å². The van der Waals surface area contributed by atoms with Gasteiger partial charge < -0.3 is 9.47 Å². The summed E-state index contributed by atoms with van der Waals surface area (Å²) < 4.78 is 9.83. The van der Waals surface area contributed by atoms with E-state index in [1.54, 1.807) is 25.3 Å². The van der Waals surface area contributed by atoms with Gasteiger partial charge in [-0.15, -0.1) is 0 Å². The fourth-order valence-electron chi connectivity index (χ4n) is 1.24. The van der Waals surface area contributed by atoms with Crippen molar-refractivity contribution in [1.29, 1.82) is 0 Å². The topological polar surface area (TPSA) is 35.5 Å². The fraction of sp³-hybridized carbons (Fsp3) is 0.308. The minimum atomic E-state index is -0.386. The van der Waals surface area contributed by atoms with Gasteiger partial charge in [-0.2, -0.15) is 0 Å². The van der Waals surface area contributed by atoms with Crippen LogP contribution < -0.4 is 4.74 Å². The lowest BCUT2D eigenvalue weighted by molar-refractivity contribution is 0.0600. The van der Waals surface area contributed by atoms with Crippen LogP contribution in [-0.4, -0.2) is 25.5 Å². The maximum Gasteiger partial charge on any atom is 0.337 e. The molecule has 0 heterocycles. The number of halogens is 1. The van der Waals surface area contributed by atoms with E-state index >= 15 is 0 Å². The van der Waals surface area contributed by atoms with E-state index in [9.17, 15) is 4.79 Å².